The average Bonchev–Trinajstić information content (AvgIpc) is 2.62. The Balaban J connectivity index is 2.40. The van der Waals surface area contributed by atoms with Crippen LogP contribution in [-0.2, 0) is 9.59 Å². The van der Waals surface area contributed by atoms with Gasteiger partial charge in [-0.1, -0.05) is 30.3 Å². The van der Waals surface area contributed by atoms with Crippen molar-refractivity contribution in [3.05, 3.63) is 69.3 Å². The summed E-state index contributed by atoms with van der Waals surface area (Å²) in [5.74, 6) is -1.33. The Hall–Kier alpha value is -3.26. The second kappa shape index (κ2) is 8.41. The quantitative estimate of drug-likeness (QED) is 0.532. The minimum atomic E-state index is -1.33. The summed E-state index contributed by atoms with van der Waals surface area (Å²) >= 11 is 0. The molecule has 8 heteroatoms. The molecule has 0 heterocycles. The largest absolute Gasteiger partial charge is 0.384 e. The van der Waals surface area contributed by atoms with E-state index in [0.717, 1.165) is 11.1 Å². The van der Waals surface area contributed by atoms with Gasteiger partial charge in [0.25, 0.3) is 11.6 Å². The summed E-state index contributed by atoms with van der Waals surface area (Å²) in [7, 11) is 0. The van der Waals surface area contributed by atoms with Gasteiger partial charge in [-0.2, -0.15) is 0 Å². The van der Waals surface area contributed by atoms with Gasteiger partial charge in [-0.3, -0.25) is 19.7 Å². The fourth-order valence-corrected chi connectivity index (χ4v) is 2.59. The number of anilines is 1. The lowest BCUT2D eigenvalue weighted by molar-refractivity contribution is -0.384. The predicted molar refractivity (Wildman–Crippen MR) is 100 cm³/mol. The highest BCUT2D eigenvalue weighted by Gasteiger charge is 2.26. The molecular weight excluding hydrogens is 350 g/mol. The van der Waals surface area contributed by atoms with E-state index < -0.39 is 28.9 Å². The number of nitrogens with one attached hydrogen (secondary N) is 2. The number of non-ortho nitro benzene ring substituents is 1. The number of aliphatic hydroxyl groups excluding tert-OH is 1. The van der Waals surface area contributed by atoms with Crippen LogP contribution in [0.4, 0.5) is 11.4 Å². The zero-order valence-electron chi connectivity index (χ0n) is 15.2. The molecular formula is C19H21N3O5. The van der Waals surface area contributed by atoms with E-state index in [0.29, 0.717) is 5.69 Å². The van der Waals surface area contributed by atoms with E-state index >= 15 is 0 Å². The van der Waals surface area contributed by atoms with Crippen LogP contribution in [0.2, 0.25) is 0 Å². The van der Waals surface area contributed by atoms with Crippen LogP contribution in [-0.4, -0.2) is 27.9 Å². The molecule has 0 saturated carbocycles. The molecule has 0 aliphatic rings. The third kappa shape index (κ3) is 4.89. The predicted octanol–water partition coefficient (Wildman–Crippen LogP) is 2.39. The molecule has 8 nitrogen and oxygen atoms in total. The van der Waals surface area contributed by atoms with E-state index in [-0.39, 0.29) is 11.3 Å². The Kier molecular flexibility index (Phi) is 6.25. The van der Waals surface area contributed by atoms with Gasteiger partial charge < -0.3 is 15.7 Å². The van der Waals surface area contributed by atoms with Crippen LogP contribution >= 0.6 is 0 Å². The first-order valence-electron chi connectivity index (χ1n) is 8.30. The molecule has 142 valence electrons. The molecule has 3 N–H and O–H groups in total. The van der Waals surface area contributed by atoms with Gasteiger partial charge in [-0.05, 0) is 37.5 Å². The number of carbonyl (C=O) groups is 2. The van der Waals surface area contributed by atoms with E-state index in [2.05, 4.69) is 10.6 Å². The topological polar surface area (TPSA) is 122 Å². The molecule has 0 aromatic heterocycles. The lowest BCUT2D eigenvalue weighted by atomic mass is 10.0. The number of nitrogens with zero attached hydrogens (tertiary/aromatic N) is 1. The van der Waals surface area contributed by atoms with Gasteiger partial charge in [0.1, 0.15) is 12.1 Å². The fraction of sp³-hybridized carbons (Fsp3) is 0.263. The van der Waals surface area contributed by atoms with E-state index in [9.17, 15) is 24.8 Å². The van der Waals surface area contributed by atoms with Gasteiger partial charge in [0, 0.05) is 17.8 Å². The van der Waals surface area contributed by atoms with Crippen LogP contribution < -0.4 is 10.6 Å². The first kappa shape index (κ1) is 20.1. The van der Waals surface area contributed by atoms with Crippen LogP contribution in [0.15, 0.2) is 42.5 Å². The minimum absolute atomic E-state index is 0.205. The van der Waals surface area contributed by atoms with Crippen molar-refractivity contribution in [3.8, 4) is 0 Å². The number of aliphatic hydroxyl groups is 1. The van der Waals surface area contributed by atoms with E-state index in [1.165, 1.54) is 31.2 Å². The summed E-state index contributed by atoms with van der Waals surface area (Å²) in [5.41, 5.74) is 2.31. The van der Waals surface area contributed by atoms with Gasteiger partial charge in [0.05, 0.1) is 4.92 Å². The minimum Gasteiger partial charge on any atom is -0.384 e. The van der Waals surface area contributed by atoms with Gasteiger partial charge in [0.15, 0.2) is 0 Å². The number of para-hydroxylation sites is 1. The number of hydrogen-bond donors (Lipinski definition) is 3. The van der Waals surface area contributed by atoms with Crippen molar-refractivity contribution in [1.82, 2.24) is 5.32 Å². The summed E-state index contributed by atoms with van der Waals surface area (Å²) in [6, 6.07) is 9.77. The van der Waals surface area contributed by atoms with Crippen molar-refractivity contribution >= 4 is 23.2 Å². The summed E-state index contributed by atoms with van der Waals surface area (Å²) in [5, 5.41) is 25.7. The van der Waals surface area contributed by atoms with Gasteiger partial charge in [-0.15, -0.1) is 0 Å². The first-order chi connectivity index (χ1) is 12.7. The molecule has 0 bridgehead atoms. The van der Waals surface area contributed by atoms with E-state index in [1.54, 1.807) is 0 Å². The molecule has 0 radical (unpaired) electrons. The molecule has 0 saturated heterocycles. The van der Waals surface area contributed by atoms with Crippen LogP contribution in [0.3, 0.4) is 0 Å². The molecule has 2 aromatic rings. The molecule has 2 amide bonds. The maximum atomic E-state index is 12.9. The highest BCUT2D eigenvalue weighted by Crippen LogP contribution is 2.24. The number of nitro benzene ring substituents is 1. The molecule has 0 spiro atoms. The lowest BCUT2D eigenvalue weighted by Gasteiger charge is -2.21. The average molecular weight is 371 g/mol. The summed E-state index contributed by atoms with van der Waals surface area (Å²) < 4.78 is 0. The Labute approximate surface area is 156 Å². The van der Waals surface area contributed by atoms with Crippen molar-refractivity contribution in [2.75, 3.05) is 5.32 Å². The van der Waals surface area contributed by atoms with Crippen LogP contribution in [0.5, 0.6) is 0 Å². The molecule has 2 atom stereocenters. The van der Waals surface area contributed by atoms with Crippen molar-refractivity contribution in [2.45, 2.75) is 32.9 Å². The third-order valence-corrected chi connectivity index (χ3v) is 4.07. The molecule has 0 aliphatic carbocycles. The maximum absolute atomic E-state index is 12.9. The number of carbonyl (C=O) groups excluding carboxylic acids is 2. The van der Waals surface area contributed by atoms with E-state index in [1.807, 2.05) is 32.0 Å². The van der Waals surface area contributed by atoms with Crippen molar-refractivity contribution in [3.63, 3.8) is 0 Å². The summed E-state index contributed by atoms with van der Waals surface area (Å²) in [6.45, 7) is 4.93. The molecule has 27 heavy (non-hydrogen) atoms. The highest BCUT2D eigenvalue weighted by atomic mass is 16.6. The van der Waals surface area contributed by atoms with Gasteiger partial charge in [-0.25, -0.2) is 0 Å². The van der Waals surface area contributed by atoms with Crippen LogP contribution in [0, 0.1) is 24.0 Å². The van der Waals surface area contributed by atoms with Gasteiger partial charge in [0.2, 0.25) is 5.91 Å². The summed E-state index contributed by atoms with van der Waals surface area (Å²) in [6.07, 6.45) is -1.33. The molecule has 0 aliphatic heterocycles. The standard InChI is InChI=1S/C19H21N3O5/c1-11-6-4-7-12(2)16(11)20-19(25)17(21-18(24)13(3)23)14-8-5-9-15(10-14)22(26)27/h4-10,13,17,23H,1-3H3,(H,20,25)(H,21,24)/t13-,17+/m0/s1. The maximum Gasteiger partial charge on any atom is 0.269 e. The second-order valence-corrected chi connectivity index (χ2v) is 6.23. The SMILES string of the molecule is Cc1cccc(C)c1NC(=O)[C@H](NC(=O)[C@H](C)O)c1cccc([N+](=O)[O-])c1. The molecule has 2 aromatic carbocycles. The van der Waals surface area contributed by atoms with Crippen molar-refractivity contribution in [2.24, 2.45) is 0 Å². The first-order valence-corrected chi connectivity index (χ1v) is 8.30. The number of aryl methyl sites for hydroxylation is 2. The third-order valence-electron chi connectivity index (χ3n) is 4.07. The van der Waals surface area contributed by atoms with Crippen molar-refractivity contribution < 1.29 is 19.6 Å². The number of rotatable bonds is 6. The normalized spacial score (nSPS) is 12.7. The Bertz CT molecular complexity index is 859. The molecule has 0 unspecified atom stereocenters. The van der Waals surface area contributed by atoms with Crippen molar-refractivity contribution in [1.29, 1.82) is 0 Å². The number of amides is 2. The number of hydrogen-bond acceptors (Lipinski definition) is 5. The van der Waals surface area contributed by atoms with E-state index in [4.69, 9.17) is 0 Å². The zero-order valence-corrected chi connectivity index (χ0v) is 15.2. The zero-order chi connectivity index (χ0) is 20.1. The lowest BCUT2D eigenvalue weighted by Crippen LogP contribution is -2.41. The Morgan fingerprint density at radius 1 is 1.07 bits per heavy atom. The monoisotopic (exact) mass is 371 g/mol. The van der Waals surface area contributed by atoms with Crippen LogP contribution in [0.1, 0.15) is 29.7 Å². The highest BCUT2D eigenvalue weighted by molar-refractivity contribution is 5.99. The van der Waals surface area contributed by atoms with Crippen LogP contribution in [0.25, 0.3) is 0 Å². The Morgan fingerprint density at radius 2 is 1.67 bits per heavy atom. The Morgan fingerprint density at radius 3 is 2.22 bits per heavy atom. The second-order valence-electron chi connectivity index (χ2n) is 6.23. The number of nitro groups is 1. The van der Waals surface area contributed by atoms with Gasteiger partial charge >= 0.3 is 0 Å². The fourth-order valence-electron chi connectivity index (χ4n) is 2.59. The number of benzene rings is 2. The molecule has 0 fully saturated rings. The molecule has 2 rings (SSSR count). The smallest absolute Gasteiger partial charge is 0.269 e. The summed E-state index contributed by atoms with van der Waals surface area (Å²) in [4.78, 5) is 35.3.